The van der Waals surface area contributed by atoms with Crippen molar-refractivity contribution >= 4 is 0 Å². The normalized spacial score (nSPS) is 20.1. The fourth-order valence-corrected chi connectivity index (χ4v) is 2.36. The minimum absolute atomic E-state index is 0.0239. The van der Waals surface area contributed by atoms with Gasteiger partial charge in [-0.25, -0.2) is 4.98 Å². The molecule has 106 valence electrons. The first kappa shape index (κ1) is 13.3. The van der Waals surface area contributed by atoms with Gasteiger partial charge in [-0.2, -0.15) is 0 Å². The number of benzene rings is 1. The largest absolute Gasteiger partial charge is 0.439 e. The van der Waals surface area contributed by atoms with Crippen molar-refractivity contribution in [3.05, 3.63) is 42.4 Å². The summed E-state index contributed by atoms with van der Waals surface area (Å²) in [6.07, 6.45) is 1.75. The Labute approximate surface area is 117 Å². The van der Waals surface area contributed by atoms with Crippen molar-refractivity contribution in [1.29, 1.82) is 0 Å². The molecule has 0 bridgehead atoms. The highest BCUT2D eigenvalue weighted by molar-refractivity contribution is 5.55. The molecule has 1 aliphatic rings. The molecular formula is C15H18N2O3. The van der Waals surface area contributed by atoms with Gasteiger partial charge >= 0.3 is 0 Å². The van der Waals surface area contributed by atoms with E-state index in [1.54, 1.807) is 6.20 Å². The second-order valence-electron chi connectivity index (χ2n) is 4.87. The maximum Gasteiger partial charge on any atom is 0.209 e. The predicted octanol–water partition coefficient (Wildman–Crippen LogP) is 1.53. The molecule has 0 amide bonds. The second kappa shape index (κ2) is 6.17. The van der Waals surface area contributed by atoms with Crippen LogP contribution in [0.5, 0.6) is 0 Å². The Balaban J connectivity index is 1.71. The molecule has 1 fully saturated rings. The Bertz CT molecular complexity index is 541. The lowest BCUT2D eigenvalue weighted by Gasteiger charge is -2.33. The molecule has 1 unspecified atom stereocenters. The average Bonchev–Trinajstić information content (AvgIpc) is 2.97. The predicted molar refractivity (Wildman–Crippen MR) is 74.0 cm³/mol. The van der Waals surface area contributed by atoms with Crippen LogP contribution in [0.15, 0.2) is 40.9 Å². The Kier molecular flexibility index (Phi) is 4.11. The lowest BCUT2D eigenvalue weighted by Crippen LogP contribution is -2.46. The van der Waals surface area contributed by atoms with Gasteiger partial charge in [-0.3, -0.25) is 4.90 Å². The molecule has 20 heavy (non-hydrogen) atoms. The van der Waals surface area contributed by atoms with E-state index in [0.29, 0.717) is 25.6 Å². The van der Waals surface area contributed by atoms with E-state index in [4.69, 9.17) is 9.15 Å². The van der Waals surface area contributed by atoms with Crippen LogP contribution in [0.2, 0.25) is 0 Å². The fraction of sp³-hybridized carbons (Fsp3) is 0.400. The standard InChI is InChI=1S/C15H18N2O3/c18-10-13-11-19-7-6-17(13)9-15-16-8-14(20-15)12-4-2-1-3-5-12/h1-5,8,13,18H,6-7,9-11H2. The molecule has 1 N–H and O–H groups in total. The van der Waals surface area contributed by atoms with E-state index in [2.05, 4.69) is 9.88 Å². The van der Waals surface area contributed by atoms with Gasteiger partial charge in [0.25, 0.3) is 0 Å². The number of ether oxygens (including phenoxy) is 1. The van der Waals surface area contributed by atoms with Crippen LogP contribution in [0, 0.1) is 0 Å². The topological polar surface area (TPSA) is 58.7 Å². The van der Waals surface area contributed by atoms with Crippen LogP contribution < -0.4 is 0 Å². The van der Waals surface area contributed by atoms with Gasteiger partial charge in [-0.15, -0.1) is 0 Å². The third kappa shape index (κ3) is 2.90. The van der Waals surface area contributed by atoms with E-state index in [1.165, 1.54) is 0 Å². The van der Waals surface area contributed by atoms with Crippen molar-refractivity contribution in [2.24, 2.45) is 0 Å². The molecule has 1 aliphatic heterocycles. The molecule has 1 atom stereocenters. The van der Waals surface area contributed by atoms with Crippen molar-refractivity contribution < 1.29 is 14.3 Å². The molecule has 1 aromatic heterocycles. The van der Waals surface area contributed by atoms with Gasteiger partial charge in [0, 0.05) is 12.1 Å². The zero-order valence-electron chi connectivity index (χ0n) is 11.2. The number of aromatic nitrogens is 1. The Hall–Kier alpha value is -1.69. The second-order valence-corrected chi connectivity index (χ2v) is 4.87. The van der Waals surface area contributed by atoms with Crippen molar-refractivity contribution in [2.75, 3.05) is 26.4 Å². The Morgan fingerprint density at radius 1 is 1.30 bits per heavy atom. The minimum atomic E-state index is 0.0239. The number of rotatable bonds is 4. The van der Waals surface area contributed by atoms with E-state index in [1.807, 2.05) is 30.3 Å². The zero-order valence-corrected chi connectivity index (χ0v) is 11.2. The number of aliphatic hydroxyl groups is 1. The van der Waals surface area contributed by atoms with Crippen LogP contribution in [0.1, 0.15) is 5.89 Å². The number of hydrogen-bond acceptors (Lipinski definition) is 5. The summed E-state index contributed by atoms with van der Waals surface area (Å²) in [5.41, 5.74) is 1.02. The number of aliphatic hydroxyl groups excluding tert-OH is 1. The average molecular weight is 274 g/mol. The first-order valence-corrected chi connectivity index (χ1v) is 6.79. The molecule has 0 spiro atoms. The Morgan fingerprint density at radius 3 is 2.95 bits per heavy atom. The molecule has 0 radical (unpaired) electrons. The molecule has 0 saturated carbocycles. The molecule has 1 saturated heterocycles. The third-order valence-electron chi connectivity index (χ3n) is 3.51. The molecular weight excluding hydrogens is 256 g/mol. The van der Waals surface area contributed by atoms with Crippen LogP contribution in [0.25, 0.3) is 11.3 Å². The van der Waals surface area contributed by atoms with Gasteiger partial charge < -0.3 is 14.3 Å². The van der Waals surface area contributed by atoms with E-state index < -0.39 is 0 Å². The minimum Gasteiger partial charge on any atom is -0.439 e. The first-order chi connectivity index (χ1) is 9.86. The summed E-state index contributed by atoms with van der Waals surface area (Å²) in [4.78, 5) is 6.47. The van der Waals surface area contributed by atoms with Gasteiger partial charge in [0.15, 0.2) is 5.76 Å². The molecule has 5 heteroatoms. The number of nitrogens with zero attached hydrogens (tertiary/aromatic N) is 2. The zero-order chi connectivity index (χ0) is 13.8. The summed E-state index contributed by atoms with van der Waals surface area (Å²) in [7, 11) is 0. The number of morpholine rings is 1. The van der Waals surface area contributed by atoms with Crippen LogP contribution in [-0.4, -0.2) is 47.4 Å². The summed E-state index contributed by atoms with van der Waals surface area (Å²) in [5, 5.41) is 9.35. The molecule has 5 nitrogen and oxygen atoms in total. The van der Waals surface area contributed by atoms with Crippen molar-refractivity contribution in [3.63, 3.8) is 0 Å². The molecule has 2 aromatic rings. The van der Waals surface area contributed by atoms with Gasteiger partial charge in [0.05, 0.1) is 38.6 Å². The molecule has 1 aromatic carbocycles. The smallest absolute Gasteiger partial charge is 0.209 e. The molecule has 2 heterocycles. The number of oxazole rings is 1. The first-order valence-electron chi connectivity index (χ1n) is 6.79. The van der Waals surface area contributed by atoms with Crippen molar-refractivity contribution in [3.8, 4) is 11.3 Å². The van der Waals surface area contributed by atoms with Crippen LogP contribution in [-0.2, 0) is 11.3 Å². The van der Waals surface area contributed by atoms with Crippen LogP contribution in [0.4, 0.5) is 0 Å². The van der Waals surface area contributed by atoms with Gasteiger partial charge in [-0.1, -0.05) is 30.3 Å². The van der Waals surface area contributed by atoms with E-state index in [0.717, 1.165) is 17.9 Å². The van der Waals surface area contributed by atoms with Gasteiger partial charge in [0.2, 0.25) is 5.89 Å². The lowest BCUT2D eigenvalue weighted by molar-refractivity contribution is -0.0342. The quantitative estimate of drug-likeness (QED) is 0.916. The Morgan fingerprint density at radius 2 is 2.15 bits per heavy atom. The third-order valence-corrected chi connectivity index (χ3v) is 3.51. The highest BCUT2D eigenvalue weighted by atomic mass is 16.5. The van der Waals surface area contributed by atoms with Crippen molar-refractivity contribution in [1.82, 2.24) is 9.88 Å². The molecule has 3 rings (SSSR count). The maximum atomic E-state index is 9.35. The molecule has 0 aliphatic carbocycles. The van der Waals surface area contributed by atoms with E-state index in [-0.39, 0.29) is 12.6 Å². The number of hydrogen-bond donors (Lipinski definition) is 1. The fourth-order valence-electron chi connectivity index (χ4n) is 2.36. The highest BCUT2D eigenvalue weighted by Crippen LogP contribution is 2.21. The summed E-state index contributed by atoms with van der Waals surface area (Å²) >= 11 is 0. The highest BCUT2D eigenvalue weighted by Gasteiger charge is 2.23. The van der Waals surface area contributed by atoms with Gasteiger partial charge in [-0.05, 0) is 0 Å². The summed E-state index contributed by atoms with van der Waals surface area (Å²) in [5.74, 6) is 1.44. The maximum absolute atomic E-state index is 9.35. The van der Waals surface area contributed by atoms with E-state index >= 15 is 0 Å². The summed E-state index contributed by atoms with van der Waals surface area (Å²) < 4.78 is 11.2. The SMILES string of the molecule is OCC1COCCN1Cc1ncc(-c2ccccc2)o1. The monoisotopic (exact) mass is 274 g/mol. The van der Waals surface area contributed by atoms with Crippen LogP contribution >= 0.6 is 0 Å². The van der Waals surface area contributed by atoms with Crippen LogP contribution in [0.3, 0.4) is 0 Å². The lowest BCUT2D eigenvalue weighted by atomic mass is 10.2. The van der Waals surface area contributed by atoms with E-state index in [9.17, 15) is 5.11 Å². The van der Waals surface area contributed by atoms with Gasteiger partial charge in [0.1, 0.15) is 0 Å². The summed E-state index contributed by atoms with van der Waals surface area (Å²) in [6.45, 7) is 2.72. The van der Waals surface area contributed by atoms with Crippen molar-refractivity contribution in [2.45, 2.75) is 12.6 Å². The summed E-state index contributed by atoms with van der Waals surface area (Å²) in [6, 6.07) is 9.93.